The van der Waals surface area contributed by atoms with Crippen molar-refractivity contribution in [2.24, 2.45) is 0 Å². The summed E-state index contributed by atoms with van der Waals surface area (Å²) >= 11 is 12.1. The Labute approximate surface area is 172 Å². The molecule has 2 unspecified atom stereocenters. The number of anilines is 2. The van der Waals surface area contributed by atoms with Gasteiger partial charge in [-0.05, 0) is 55.5 Å². The molecule has 0 saturated carbocycles. The van der Waals surface area contributed by atoms with E-state index in [4.69, 9.17) is 27.9 Å². The number of hydrogen-bond acceptors (Lipinski definition) is 2. The van der Waals surface area contributed by atoms with Crippen LogP contribution in [0.4, 0.5) is 16.2 Å². The maximum Gasteiger partial charge on any atom is 0.334 e. The number of hydrogen-bond donors (Lipinski definition) is 0. The third kappa shape index (κ3) is 2.53. The molecule has 0 aliphatic carbocycles. The number of nitrogens with zero attached hydrogens (tertiary/aromatic N) is 2. The highest BCUT2D eigenvalue weighted by Crippen LogP contribution is 2.58. The topological polar surface area (TPSA) is 36.1 Å². The Morgan fingerprint density at radius 2 is 1.50 bits per heavy atom. The number of rotatable bonds is 3. The predicted octanol–water partition coefficient (Wildman–Crippen LogP) is 5.96. The smallest absolute Gasteiger partial charge is 0.317 e. The summed E-state index contributed by atoms with van der Waals surface area (Å²) in [5.41, 5.74) is 2.66. The highest BCUT2D eigenvalue weighted by molar-refractivity contribution is 6.31. The number of epoxide rings is 1. The summed E-state index contributed by atoms with van der Waals surface area (Å²) in [7, 11) is 0. The van der Waals surface area contributed by atoms with Crippen molar-refractivity contribution < 1.29 is 9.53 Å². The van der Waals surface area contributed by atoms with Crippen molar-refractivity contribution in [3.8, 4) is 0 Å². The van der Waals surface area contributed by atoms with Gasteiger partial charge in [-0.1, -0.05) is 53.0 Å². The molecular weight excluding hydrogens is 395 g/mol. The van der Waals surface area contributed by atoms with E-state index in [1.807, 2.05) is 49.4 Å². The second kappa shape index (κ2) is 6.24. The van der Waals surface area contributed by atoms with Gasteiger partial charge in [-0.15, -0.1) is 0 Å². The third-order valence-electron chi connectivity index (χ3n) is 5.15. The molecule has 4 nitrogen and oxygen atoms in total. The Morgan fingerprint density at radius 1 is 0.893 bits per heavy atom. The van der Waals surface area contributed by atoms with Crippen molar-refractivity contribution in [2.75, 3.05) is 9.80 Å². The number of urea groups is 1. The Bertz CT molecular complexity index is 1070. The first-order chi connectivity index (χ1) is 13.5. The highest BCUT2D eigenvalue weighted by atomic mass is 35.5. The molecule has 2 aliphatic heterocycles. The average Bonchev–Trinajstić information content (AvgIpc) is 3.35. The summed E-state index contributed by atoms with van der Waals surface area (Å²) in [6, 6.07) is 22.3. The number of halogens is 2. The molecule has 2 amide bonds. The highest BCUT2D eigenvalue weighted by Gasteiger charge is 2.74. The minimum Gasteiger partial charge on any atom is -0.317 e. The van der Waals surface area contributed by atoms with Crippen LogP contribution in [0.5, 0.6) is 0 Å². The predicted molar refractivity (Wildman–Crippen MR) is 111 cm³/mol. The van der Waals surface area contributed by atoms with Gasteiger partial charge in [0.1, 0.15) is 0 Å². The molecule has 0 radical (unpaired) electrons. The van der Waals surface area contributed by atoms with Gasteiger partial charge in [0, 0.05) is 27.0 Å². The lowest BCUT2D eigenvalue weighted by atomic mass is 10.0. The van der Waals surface area contributed by atoms with Gasteiger partial charge in [-0.3, -0.25) is 9.80 Å². The summed E-state index contributed by atoms with van der Waals surface area (Å²) in [6.07, 6.45) is -0.418. The molecule has 3 aromatic rings. The monoisotopic (exact) mass is 410 g/mol. The van der Waals surface area contributed by atoms with E-state index in [1.165, 1.54) is 0 Å². The van der Waals surface area contributed by atoms with Crippen LogP contribution in [0.2, 0.25) is 10.0 Å². The molecule has 28 heavy (non-hydrogen) atoms. The molecule has 2 atom stereocenters. The average molecular weight is 411 g/mol. The molecule has 2 saturated heterocycles. The van der Waals surface area contributed by atoms with Crippen molar-refractivity contribution in [3.05, 3.63) is 94.0 Å². The van der Waals surface area contributed by atoms with Crippen LogP contribution in [-0.4, -0.2) is 12.3 Å². The molecule has 0 spiro atoms. The number of amides is 2. The van der Waals surface area contributed by atoms with E-state index in [1.54, 1.807) is 34.1 Å². The maximum atomic E-state index is 13.5. The van der Waals surface area contributed by atoms with Gasteiger partial charge in [0.25, 0.3) is 0 Å². The lowest BCUT2D eigenvalue weighted by Gasteiger charge is -2.27. The summed E-state index contributed by atoms with van der Waals surface area (Å²) in [6.45, 7) is 2.03. The van der Waals surface area contributed by atoms with E-state index >= 15 is 0 Å². The molecule has 2 fully saturated rings. The van der Waals surface area contributed by atoms with Crippen LogP contribution in [0.15, 0.2) is 72.8 Å². The second-order valence-electron chi connectivity index (χ2n) is 6.98. The molecular formula is C22H16Cl2N2O2. The first kappa shape index (κ1) is 17.6. The standard InChI is InChI=1S/C22H16Cl2N2O2/c1-14-3-2-4-15(13-14)22-20(28-22)25(18-9-5-16(23)6-10-18)21(27)26(22)19-11-7-17(24)8-12-19/h2-13,20H,1H3. The van der Waals surface area contributed by atoms with E-state index in [0.717, 1.165) is 22.5 Å². The number of carbonyl (C=O) groups excluding carboxylic acids is 1. The van der Waals surface area contributed by atoms with Gasteiger partial charge in [-0.25, -0.2) is 4.79 Å². The van der Waals surface area contributed by atoms with E-state index in [-0.39, 0.29) is 6.03 Å². The number of carbonyl (C=O) groups is 1. The summed E-state index contributed by atoms with van der Waals surface area (Å²) < 4.78 is 6.21. The molecule has 0 N–H and O–H groups in total. The Balaban J connectivity index is 1.65. The SMILES string of the molecule is Cc1cccc(C23OC2N(c2ccc(Cl)cc2)C(=O)N3c2ccc(Cl)cc2)c1. The molecule has 2 aliphatic rings. The molecule has 140 valence electrons. The Morgan fingerprint density at radius 3 is 2.11 bits per heavy atom. The zero-order valence-corrected chi connectivity index (χ0v) is 16.5. The van der Waals surface area contributed by atoms with Gasteiger partial charge in [-0.2, -0.15) is 0 Å². The van der Waals surface area contributed by atoms with Crippen molar-refractivity contribution in [1.82, 2.24) is 0 Å². The van der Waals surface area contributed by atoms with Crippen LogP contribution in [0, 0.1) is 6.92 Å². The number of aryl methyl sites for hydroxylation is 1. The van der Waals surface area contributed by atoms with Gasteiger partial charge in [0.2, 0.25) is 5.72 Å². The maximum absolute atomic E-state index is 13.5. The lowest BCUT2D eigenvalue weighted by molar-refractivity contribution is 0.224. The quantitative estimate of drug-likeness (QED) is 0.499. The van der Waals surface area contributed by atoms with E-state index in [9.17, 15) is 4.79 Å². The number of benzene rings is 3. The fourth-order valence-corrected chi connectivity index (χ4v) is 4.08. The van der Waals surface area contributed by atoms with Gasteiger partial charge in [0.15, 0.2) is 6.23 Å². The normalized spacial score (nSPS) is 23.1. The first-order valence-electron chi connectivity index (χ1n) is 8.90. The lowest BCUT2D eigenvalue weighted by Crippen LogP contribution is -2.40. The van der Waals surface area contributed by atoms with Gasteiger partial charge in [0.05, 0.1) is 0 Å². The number of fused-ring (bicyclic) bond motifs is 1. The largest absolute Gasteiger partial charge is 0.334 e. The van der Waals surface area contributed by atoms with Crippen molar-refractivity contribution in [2.45, 2.75) is 18.9 Å². The Hall–Kier alpha value is -2.53. The minimum absolute atomic E-state index is 0.151. The zero-order valence-electron chi connectivity index (χ0n) is 15.0. The van der Waals surface area contributed by atoms with Crippen LogP contribution >= 0.6 is 23.2 Å². The molecule has 5 rings (SSSR count). The molecule has 0 bridgehead atoms. The van der Waals surface area contributed by atoms with Crippen LogP contribution < -0.4 is 9.80 Å². The summed E-state index contributed by atoms with van der Waals surface area (Å²) in [5, 5.41) is 1.23. The summed E-state index contributed by atoms with van der Waals surface area (Å²) in [5.74, 6) is 0. The number of ether oxygens (including phenoxy) is 1. The minimum atomic E-state index is -0.865. The van der Waals surface area contributed by atoms with Crippen LogP contribution in [0.1, 0.15) is 11.1 Å². The molecule has 6 heteroatoms. The molecule has 2 heterocycles. The summed E-state index contributed by atoms with van der Waals surface area (Å²) in [4.78, 5) is 16.9. The van der Waals surface area contributed by atoms with Crippen molar-refractivity contribution >= 4 is 40.6 Å². The van der Waals surface area contributed by atoms with E-state index in [2.05, 4.69) is 6.07 Å². The third-order valence-corrected chi connectivity index (χ3v) is 5.66. The van der Waals surface area contributed by atoms with Crippen LogP contribution in [0.25, 0.3) is 0 Å². The second-order valence-corrected chi connectivity index (χ2v) is 7.85. The van der Waals surface area contributed by atoms with E-state index < -0.39 is 12.0 Å². The van der Waals surface area contributed by atoms with Gasteiger partial charge >= 0.3 is 6.03 Å². The fourth-order valence-electron chi connectivity index (χ4n) is 3.82. The van der Waals surface area contributed by atoms with Crippen molar-refractivity contribution in [1.29, 1.82) is 0 Å². The van der Waals surface area contributed by atoms with Gasteiger partial charge < -0.3 is 4.74 Å². The zero-order chi connectivity index (χ0) is 19.5. The van der Waals surface area contributed by atoms with Crippen LogP contribution in [-0.2, 0) is 10.5 Å². The Kier molecular flexibility index (Phi) is 3.91. The molecule has 0 aromatic heterocycles. The van der Waals surface area contributed by atoms with E-state index in [0.29, 0.717) is 10.0 Å². The fraction of sp³-hybridized carbons (Fsp3) is 0.136. The van der Waals surface area contributed by atoms with Crippen molar-refractivity contribution in [3.63, 3.8) is 0 Å². The molecule has 3 aromatic carbocycles. The first-order valence-corrected chi connectivity index (χ1v) is 9.66. The van der Waals surface area contributed by atoms with Crippen LogP contribution in [0.3, 0.4) is 0 Å².